The van der Waals surface area contributed by atoms with Gasteiger partial charge in [0.15, 0.2) is 0 Å². The van der Waals surface area contributed by atoms with Crippen LogP contribution >= 0.6 is 11.6 Å². The van der Waals surface area contributed by atoms with E-state index in [-0.39, 0.29) is 17.7 Å². The number of benzene rings is 2. The van der Waals surface area contributed by atoms with Crippen LogP contribution in [0.1, 0.15) is 23.6 Å². The molecular formula is C19H19ClFNO2. The van der Waals surface area contributed by atoms with Crippen LogP contribution < -0.4 is 10.1 Å². The largest absolute Gasteiger partial charge is 0.493 e. The fraction of sp³-hybridized carbons (Fsp3) is 0.263. The summed E-state index contributed by atoms with van der Waals surface area (Å²) >= 11 is 5.68. The molecule has 2 N–H and O–H groups in total. The third-order valence-electron chi connectivity index (χ3n) is 3.52. The minimum absolute atomic E-state index is 0.0656. The zero-order valence-corrected chi connectivity index (χ0v) is 13.9. The lowest BCUT2D eigenvalue weighted by molar-refractivity contribution is 0.243. The average molecular weight is 348 g/mol. The maximum atomic E-state index is 13.5. The van der Waals surface area contributed by atoms with Gasteiger partial charge in [-0.05, 0) is 35.4 Å². The molecule has 2 rings (SSSR count). The third kappa shape index (κ3) is 5.24. The Morgan fingerprint density at radius 2 is 2.00 bits per heavy atom. The predicted molar refractivity (Wildman–Crippen MR) is 93.5 cm³/mol. The minimum atomic E-state index is -0.497. The van der Waals surface area contributed by atoms with Crippen molar-refractivity contribution in [2.24, 2.45) is 0 Å². The first-order valence-electron chi connectivity index (χ1n) is 7.58. The van der Waals surface area contributed by atoms with Crippen LogP contribution in [0, 0.1) is 18.2 Å². The van der Waals surface area contributed by atoms with Crippen molar-refractivity contribution in [2.75, 3.05) is 13.2 Å². The number of hydrogen-bond acceptors (Lipinski definition) is 3. The van der Waals surface area contributed by atoms with Crippen molar-refractivity contribution in [1.82, 2.24) is 5.32 Å². The molecule has 1 atom stereocenters. The summed E-state index contributed by atoms with van der Waals surface area (Å²) < 4.78 is 19.0. The standard InChI is InChI=1S/C19H19ClFNO2/c1-2-3-10-24-16-7-4-14(5-8-16)12-22-19(13-23)15-6-9-17(20)18(21)11-15/h1,4-9,11,19,22-23H,3,10,12-13H2. The Morgan fingerprint density at radius 3 is 2.62 bits per heavy atom. The van der Waals surface area contributed by atoms with Gasteiger partial charge in [0.1, 0.15) is 11.6 Å². The summed E-state index contributed by atoms with van der Waals surface area (Å²) in [6.45, 7) is 0.872. The van der Waals surface area contributed by atoms with E-state index in [0.717, 1.165) is 11.3 Å². The SMILES string of the molecule is C#CCCOc1ccc(CNC(CO)c2ccc(Cl)c(F)c2)cc1. The molecule has 1 unspecified atom stereocenters. The van der Waals surface area contributed by atoms with Crippen LogP contribution in [0.4, 0.5) is 4.39 Å². The van der Waals surface area contributed by atoms with Gasteiger partial charge in [0.25, 0.3) is 0 Å². The molecule has 0 aliphatic rings. The second-order valence-corrected chi connectivity index (χ2v) is 5.64. The van der Waals surface area contributed by atoms with Crippen molar-refractivity contribution in [3.8, 4) is 18.1 Å². The molecular weight excluding hydrogens is 329 g/mol. The van der Waals surface area contributed by atoms with Crippen LogP contribution in [-0.2, 0) is 6.54 Å². The van der Waals surface area contributed by atoms with Gasteiger partial charge < -0.3 is 15.2 Å². The predicted octanol–water partition coefficient (Wildman–Crippen LogP) is 3.70. The number of ether oxygens (including phenoxy) is 1. The molecule has 0 heterocycles. The molecule has 0 saturated heterocycles. The molecule has 0 aromatic heterocycles. The van der Waals surface area contributed by atoms with E-state index in [4.69, 9.17) is 22.8 Å². The van der Waals surface area contributed by atoms with Crippen molar-refractivity contribution < 1.29 is 14.2 Å². The lowest BCUT2D eigenvalue weighted by atomic mass is 10.1. The summed E-state index contributed by atoms with van der Waals surface area (Å²) in [6.07, 6.45) is 5.74. The maximum absolute atomic E-state index is 13.5. The number of halogens is 2. The molecule has 24 heavy (non-hydrogen) atoms. The van der Waals surface area contributed by atoms with Crippen molar-refractivity contribution >= 4 is 11.6 Å². The maximum Gasteiger partial charge on any atom is 0.142 e. The highest BCUT2D eigenvalue weighted by atomic mass is 35.5. The van der Waals surface area contributed by atoms with Gasteiger partial charge in [-0.1, -0.05) is 29.8 Å². The van der Waals surface area contributed by atoms with Gasteiger partial charge in [0.2, 0.25) is 0 Å². The Balaban J connectivity index is 1.93. The number of nitrogens with one attached hydrogen (secondary N) is 1. The van der Waals surface area contributed by atoms with Gasteiger partial charge in [0, 0.05) is 13.0 Å². The number of aliphatic hydroxyl groups is 1. The zero-order valence-electron chi connectivity index (χ0n) is 13.1. The minimum Gasteiger partial charge on any atom is -0.493 e. The number of hydrogen-bond donors (Lipinski definition) is 2. The van der Waals surface area contributed by atoms with Gasteiger partial charge >= 0.3 is 0 Å². The summed E-state index contributed by atoms with van der Waals surface area (Å²) in [7, 11) is 0. The fourth-order valence-corrected chi connectivity index (χ4v) is 2.31. The fourth-order valence-electron chi connectivity index (χ4n) is 2.19. The first kappa shape index (κ1) is 18.3. The summed E-state index contributed by atoms with van der Waals surface area (Å²) in [6, 6.07) is 11.7. The van der Waals surface area contributed by atoms with Crippen LogP contribution in [0.2, 0.25) is 5.02 Å². The van der Waals surface area contributed by atoms with Crippen LogP contribution in [0.3, 0.4) is 0 Å². The van der Waals surface area contributed by atoms with Gasteiger partial charge in [-0.3, -0.25) is 0 Å². The average Bonchev–Trinajstić information content (AvgIpc) is 2.60. The molecule has 3 nitrogen and oxygen atoms in total. The topological polar surface area (TPSA) is 41.5 Å². The lowest BCUT2D eigenvalue weighted by Crippen LogP contribution is -2.24. The van der Waals surface area contributed by atoms with Crippen molar-refractivity contribution in [3.63, 3.8) is 0 Å². The third-order valence-corrected chi connectivity index (χ3v) is 3.83. The van der Waals surface area contributed by atoms with E-state index in [1.165, 1.54) is 12.1 Å². The van der Waals surface area contributed by atoms with Gasteiger partial charge in [-0.25, -0.2) is 4.39 Å². The molecule has 2 aromatic carbocycles. The second kappa shape index (κ2) is 9.29. The molecule has 0 aliphatic heterocycles. The Morgan fingerprint density at radius 1 is 1.25 bits per heavy atom. The van der Waals surface area contributed by atoms with Crippen molar-refractivity contribution in [2.45, 2.75) is 19.0 Å². The molecule has 0 fully saturated rings. The Bertz CT molecular complexity index is 698. The number of aliphatic hydroxyl groups excluding tert-OH is 1. The van der Waals surface area contributed by atoms with Crippen LogP contribution in [-0.4, -0.2) is 18.3 Å². The summed E-state index contributed by atoms with van der Waals surface area (Å²) in [5.41, 5.74) is 1.67. The Hall–Kier alpha value is -2.06. The van der Waals surface area contributed by atoms with Crippen LogP contribution in [0.5, 0.6) is 5.75 Å². The van der Waals surface area contributed by atoms with E-state index in [9.17, 15) is 9.50 Å². The van der Waals surface area contributed by atoms with Gasteiger partial charge in [0.05, 0.1) is 24.3 Å². The highest BCUT2D eigenvalue weighted by Crippen LogP contribution is 2.21. The van der Waals surface area contributed by atoms with E-state index in [2.05, 4.69) is 11.2 Å². The molecule has 0 bridgehead atoms. The lowest BCUT2D eigenvalue weighted by Gasteiger charge is -2.17. The van der Waals surface area contributed by atoms with E-state index in [0.29, 0.717) is 25.1 Å². The molecule has 0 aliphatic carbocycles. The van der Waals surface area contributed by atoms with E-state index < -0.39 is 5.82 Å². The van der Waals surface area contributed by atoms with Crippen molar-refractivity contribution in [1.29, 1.82) is 0 Å². The molecule has 0 saturated carbocycles. The highest BCUT2D eigenvalue weighted by molar-refractivity contribution is 6.30. The van der Waals surface area contributed by atoms with E-state index >= 15 is 0 Å². The number of rotatable bonds is 8. The van der Waals surface area contributed by atoms with Crippen LogP contribution in [0.25, 0.3) is 0 Å². The van der Waals surface area contributed by atoms with E-state index in [1.54, 1.807) is 6.07 Å². The molecule has 0 spiro atoms. The Labute approximate surface area is 146 Å². The molecule has 0 radical (unpaired) electrons. The smallest absolute Gasteiger partial charge is 0.142 e. The van der Waals surface area contributed by atoms with Crippen LogP contribution in [0.15, 0.2) is 42.5 Å². The molecule has 2 aromatic rings. The Kier molecular flexibility index (Phi) is 7.07. The quantitative estimate of drug-likeness (QED) is 0.565. The van der Waals surface area contributed by atoms with E-state index in [1.807, 2.05) is 24.3 Å². The summed E-state index contributed by atoms with van der Waals surface area (Å²) in [5, 5.41) is 12.8. The highest BCUT2D eigenvalue weighted by Gasteiger charge is 2.12. The molecule has 5 heteroatoms. The molecule has 126 valence electrons. The second-order valence-electron chi connectivity index (χ2n) is 5.24. The summed E-state index contributed by atoms with van der Waals surface area (Å²) in [5.74, 6) is 2.78. The summed E-state index contributed by atoms with van der Waals surface area (Å²) in [4.78, 5) is 0. The first-order valence-corrected chi connectivity index (χ1v) is 7.96. The normalized spacial score (nSPS) is 11.8. The van der Waals surface area contributed by atoms with Gasteiger partial charge in [-0.2, -0.15) is 0 Å². The zero-order chi connectivity index (χ0) is 17.4. The monoisotopic (exact) mass is 347 g/mol. The van der Waals surface area contributed by atoms with Gasteiger partial charge in [-0.15, -0.1) is 12.3 Å². The molecule has 0 amide bonds. The number of terminal acetylenes is 1. The van der Waals surface area contributed by atoms with Crippen molar-refractivity contribution in [3.05, 3.63) is 64.4 Å². The first-order chi connectivity index (χ1) is 11.6.